The molecule has 27 heavy (non-hydrogen) atoms. The third kappa shape index (κ3) is 4.46. The van der Waals surface area contributed by atoms with Crippen LogP contribution in [0.1, 0.15) is 35.8 Å². The van der Waals surface area contributed by atoms with E-state index in [4.69, 9.17) is 5.73 Å². The highest BCUT2D eigenvalue weighted by molar-refractivity contribution is 5.79. The van der Waals surface area contributed by atoms with Crippen LogP contribution in [0.25, 0.3) is 11.0 Å². The zero-order chi connectivity index (χ0) is 19.4. The van der Waals surface area contributed by atoms with Crippen LogP contribution in [0, 0.1) is 0 Å². The van der Waals surface area contributed by atoms with Crippen LogP contribution in [0.15, 0.2) is 48.5 Å². The molecule has 0 radical (unpaired) electrons. The molecule has 1 amide bonds. The van der Waals surface area contributed by atoms with Crippen molar-refractivity contribution in [3.8, 4) is 0 Å². The van der Waals surface area contributed by atoms with E-state index in [-0.39, 0.29) is 23.4 Å². The quantitative estimate of drug-likeness (QED) is 0.615. The SMILES string of the molecule is NCCCC(=O)NC(c1ccccc1)c1ccc2nc(C(F)(F)F)[nH]c2c1. The third-order valence-electron chi connectivity index (χ3n) is 4.15. The van der Waals surface area contributed by atoms with E-state index < -0.39 is 18.0 Å². The summed E-state index contributed by atoms with van der Waals surface area (Å²) in [5.74, 6) is -1.21. The van der Waals surface area contributed by atoms with Gasteiger partial charge in [0, 0.05) is 6.42 Å². The number of halogens is 3. The number of hydrogen-bond donors (Lipinski definition) is 3. The Hall–Kier alpha value is -2.87. The average molecular weight is 376 g/mol. The molecule has 142 valence electrons. The maximum atomic E-state index is 12.9. The largest absolute Gasteiger partial charge is 0.449 e. The lowest BCUT2D eigenvalue weighted by Gasteiger charge is -2.20. The van der Waals surface area contributed by atoms with E-state index in [0.29, 0.717) is 18.5 Å². The lowest BCUT2D eigenvalue weighted by atomic mass is 9.98. The fourth-order valence-electron chi connectivity index (χ4n) is 2.84. The lowest BCUT2D eigenvalue weighted by Crippen LogP contribution is -2.29. The molecule has 0 aliphatic heterocycles. The number of carbonyl (C=O) groups excluding carboxylic acids is 1. The second-order valence-electron chi connectivity index (χ2n) is 6.16. The van der Waals surface area contributed by atoms with Crippen LogP contribution in [-0.2, 0) is 11.0 Å². The molecule has 0 bridgehead atoms. The van der Waals surface area contributed by atoms with Crippen LogP contribution in [-0.4, -0.2) is 22.4 Å². The minimum atomic E-state index is -4.55. The Labute approximate surface area is 153 Å². The first-order chi connectivity index (χ1) is 12.9. The average Bonchev–Trinajstić information content (AvgIpc) is 3.09. The van der Waals surface area contributed by atoms with Crippen LogP contribution in [0.3, 0.4) is 0 Å². The third-order valence-corrected chi connectivity index (χ3v) is 4.15. The fraction of sp³-hybridized carbons (Fsp3) is 0.263. The predicted octanol–water partition coefficient (Wildman–Crippen LogP) is 3.53. The molecule has 1 atom stereocenters. The standard InChI is InChI=1S/C19H19F3N4O/c20-19(21,22)18-24-14-9-8-13(11-15(14)25-18)17(12-5-2-1-3-6-12)26-16(27)7-4-10-23/h1-3,5-6,8-9,11,17H,4,7,10,23H2,(H,24,25)(H,26,27). The van der Waals surface area contributed by atoms with Crippen LogP contribution in [0.4, 0.5) is 13.2 Å². The number of imidazole rings is 1. The maximum Gasteiger partial charge on any atom is 0.449 e. The Morgan fingerprint density at radius 1 is 1.15 bits per heavy atom. The van der Waals surface area contributed by atoms with E-state index in [1.54, 1.807) is 12.1 Å². The number of aromatic amines is 1. The molecule has 1 heterocycles. The van der Waals surface area contributed by atoms with E-state index in [1.165, 1.54) is 6.07 Å². The van der Waals surface area contributed by atoms with Crippen molar-refractivity contribution in [3.63, 3.8) is 0 Å². The summed E-state index contributed by atoms with van der Waals surface area (Å²) in [5, 5.41) is 2.94. The van der Waals surface area contributed by atoms with Gasteiger partial charge < -0.3 is 16.0 Å². The van der Waals surface area contributed by atoms with Crippen LogP contribution < -0.4 is 11.1 Å². The van der Waals surface area contributed by atoms with Gasteiger partial charge in [0.1, 0.15) is 0 Å². The topological polar surface area (TPSA) is 83.8 Å². The minimum Gasteiger partial charge on any atom is -0.345 e. The molecule has 0 spiro atoms. The summed E-state index contributed by atoms with van der Waals surface area (Å²) in [6, 6.07) is 13.5. The molecule has 8 heteroatoms. The molecule has 0 aliphatic carbocycles. The zero-order valence-electron chi connectivity index (χ0n) is 14.4. The highest BCUT2D eigenvalue weighted by atomic mass is 19.4. The Kier molecular flexibility index (Phi) is 5.46. The Bertz CT molecular complexity index is 922. The summed E-state index contributed by atoms with van der Waals surface area (Å²) >= 11 is 0. The first kappa shape index (κ1) is 18.9. The molecule has 0 saturated carbocycles. The number of amides is 1. The highest BCUT2D eigenvalue weighted by Crippen LogP contribution is 2.30. The van der Waals surface area contributed by atoms with Crippen LogP contribution in [0.5, 0.6) is 0 Å². The van der Waals surface area contributed by atoms with Gasteiger partial charge in [-0.05, 0) is 36.2 Å². The Morgan fingerprint density at radius 3 is 2.56 bits per heavy atom. The van der Waals surface area contributed by atoms with Crippen LogP contribution >= 0.6 is 0 Å². The number of aromatic nitrogens is 2. The zero-order valence-corrected chi connectivity index (χ0v) is 14.4. The smallest absolute Gasteiger partial charge is 0.345 e. The molecule has 1 unspecified atom stereocenters. The molecule has 3 rings (SSSR count). The molecule has 4 N–H and O–H groups in total. The van der Waals surface area contributed by atoms with Crippen molar-refractivity contribution in [3.05, 3.63) is 65.5 Å². The second-order valence-corrected chi connectivity index (χ2v) is 6.16. The summed E-state index contributed by atoms with van der Waals surface area (Å²) in [5.41, 5.74) is 7.41. The highest BCUT2D eigenvalue weighted by Gasteiger charge is 2.34. The summed E-state index contributed by atoms with van der Waals surface area (Å²) in [6.45, 7) is 0.406. The van der Waals surface area contributed by atoms with Crippen molar-refractivity contribution in [2.45, 2.75) is 25.1 Å². The monoisotopic (exact) mass is 376 g/mol. The predicted molar refractivity (Wildman–Crippen MR) is 95.8 cm³/mol. The molecular weight excluding hydrogens is 357 g/mol. The minimum absolute atomic E-state index is 0.171. The van der Waals surface area contributed by atoms with Gasteiger partial charge in [-0.15, -0.1) is 0 Å². The molecule has 0 fully saturated rings. The number of benzene rings is 2. The van der Waals surface area contributed by atoms with Crippen molar-refractivity contribution >= 4 is 16.9 Å². The van der Waals surface area contributed by atoms with Gasteiger partial charge >= 0.3 is 6.18 Å². The summed E-state index contributed by atoms with van der Waals surface area (Å²) in [7, 11) is 0. The van der Waals surface area contributed by atoms with E-state index in [2.05, 4.69) is 15.3 Å². The lowest BCUT2D eigenvalue weighted by molar-refractivity contribution is -0.144. The molecule has 2 aromatic carbocycles. The van der Waals surface area contributed by atoms with Crippen molar-refractivity contribution < 1.29 is 18.0 Å². The van der Waals surface area contributed by atoms with Gasteiger partial charge in [-0.3, -0.25) is 4.79 Å². The number of nitrogens with two attached hydrogens (primary N) is 1. The van der Waals surface area contributed by atoms with Gasteiger partial charge in [0.15, 0.2) is 0 Å². The summed E-state index contributed by atoms with van der Waals surface area (Å²) in [6.07, 6.45) is -3.71. The van der Waals surface area contributed by atoms with Gasteiger partial charge in [0.05, 0.1) is 17.1 Å². The number of fused-ring (bicyclic) bond motifs is 1. The number of alkyl halides is 3. The van der Waals surface area contributed by atoms with Gasteiger partial charge in [0.2, 0.25) is 11.7 Å². The summed E-state index contributed by atoms with van der Waals surface area (Å²) < 4.78 is 38.6. The van der Waals surface area contributed by atoms with Gasteiger partial charge in [-0.25, -0.2) is 4.98 Å². The van der Waals surface area contributed by atoms with E-state index >= 15 is 0 Å². The number of nitrogens with zero attached hydrogens (tertiary/aromatic N) is 1. The van der Waals surface area contributed by atoms with Crippen molar-refractivity contribution in [2.75, 3.05) is 6.54 Å². The number of H-pyrrole nitrogens is 1. The van der Waals surface area contributed by atoms with Crippen LogP contribution in [0.2, 0.25) is 0 Å². The first-order valence-electron chi connectivity index (χ1n) is 8.49. The van der Waals surface area contributed by atoms with Crippen molar-refractivity contribution in [1.29, 1.82) is 0 Å². The maximum absolute atomic E-state index is 12.9. The second kappa shape index (κ2) is 7.79. The van der Waals surface area contributed by atoms with Gasteiger partial charge in [0.25, 0.3) is 0 Å². The van der Waals surface area contributed by atoms with E-state index in [1.807, 2.05) is 30.3 Å². The fourth-order valence-corrected chi connectivity index (χ4v) is 2.84. The van der Waals surface area contributed by atoms with E-state index in [0.717, 1.165) is 5.56 Å². The number of carbonyl (C=O) groups is 1. The number of nitrogens with one attached hydrogen (secondary N) is 2. The molecule has 0 saturated heterocycles. The first-order valence-corrected chi connectivity index (χ1v) is 8.49. The molecule has 1 aromatic heterocycles. The van der Waals surface area contributed by atoms with Crippen molar-refractivity contribution in [2.24, 2.45) is 5.73 Å². The molecule has 5 nitrogen and oxygen atoms in total. The normalized spacial score (nSPS) is 12.9. The van der Waals surface area contributed by atoms with Gasteiger partial charge in [-0.2, -0.15) is 13.2 Å². The Balaban J connectivity index is 1.97. The van der Waals surface area contributed by atoms with E-state index in [9.17, 15) is 18.0 Å². The van der Waals surface area contributed by atoms with Gasteiger partial charge in [-0.1, -0.05) is 36.4 Å². The molecular formula is C19H19F3N4O. The van der Waals surface area contributed by atoms with Crippen molar-refractivity contribution in [1.82, 2.24) is 15.3 Å². The summed E-state index contributed by atoms with van der Waals surface area (Å²) in [4.78, 5) is 18.1. The molecule has 3 aromatic rings. The Morgan fingerprint density at radius 2 is 1.89 bits per heavy atom. The number of rotatable bonds is 6. The number of hydrogen-bond acceptors (Lipinski definition) is 3. The molecule has 0 aliphatic rings.